The van der Waals surface area contributed by atoms with Crippen LogP contribution in [0.4, 0.5) is 8.78 Å². The van der Waals surface area contributed by atoms with Crippen LogP contribution in [-0.2, 0) is 9.84 Å². The van der Waals surface area contributed by atoms with Crippen LogP contribution in [0.3, 0.4) is 0 Å². The number of hydrogen-bond donors (Lipinski definition) is 1. The average molecular weight is 368 g/mol. The summed E-state index contributed by atoms with van der Waals surface area (Å²) in [5.74, 6) is -2.83. The molecule has 110 valence electrons. The van der Waals surface area contributed by atoms with Crippen molar-refractivity contribution in [3.8, 4) is 0 Å². The Morgan fingerprint density at radius 3 is 2.20 bits per heavy atom. The minimum Gasteiger partial charge on any atom is -0.349 e. The number of hydrogen-bond acceptors (Lipinski definition) is 3. The van der Waals surface area contributed by atoms with Gasteiger partial charge >= 0.3 is 0 Å². The quantitative estimate of drug-likeness (QED) is 0.869. The van der Waals surface area contributed by atoms with Gasteiger partial charge in [0.2, 0.25) is 0 Å². The minimum absolute atomic E-state index is 0.0246. The van der Waals surface area contributed by atoms with E-state index >= 15 is 0 Å². The SMILES string of the molecule is O=C(NC1CCS(=O)(=O)CC1)c1c(F)cc(Br)cc1F. The fraction of sp³-hybridized carbons (Fsp3) is 0.417. The van der Waals surface area contributed by atoms with Crippen LogP contribution in [0.1, 0.15) is 23.2 Å². The average Bonchev–Trinajstić information content (AvgIpc) is 2.30. The molecule has 0 spiro atoms. The molecule has 0 bridgehead atoms. The van der Waals surface area contributed by atoms with Crippen LogP contribution in [0, 0.1) is 11.6 Å². The van der Waals surface area contributed by atoms with E-state index in [1.54, 1.807) is 0 Å². The summed E-state index contributed by atoms with van der Waals surface area (Å²) in [6.45, 7) is 0. The van der Waals surface area contributed by atoms with Crippen LogP contribution in [0.15, 0.2) is 16.6 Å². The van der Waals surface area contributed by atoms with E-state index in [-0.39, 0.29) is 34.9 Å². The molecule has 1 aromatic rings. The van der Waals surface area contributed by atoms with Crippen molar-refractivity contribution in [1.29, 1.82) is 0 Å². The molecule has 1 heterocycles. The van der Waals surface area contributed by atoms with Crippen LogP contribution >= 0.6 is 15.9 Å². The number of rotatable bonds is 2. The highest BCUT2D eigenvalue weighted by Crippen LogP contribution is 2.20. The molecular weight excluding hydrogens is 356 g/mol. The molecule has 20 heavy (non-hydrogen) atoms. The lowest BCUT2D eigenvalue weighted by Crippen LogP contribution is -2.41. The Bertz CT molecular complexity index is 611. The molecular formula is C12H12BrF2NO3S. The van der Waals surface area contributed by atoms with E-state index in [0.29, 0.717) is 0 Å². The molecule has 8 heteroatoms. The summed E-state index contributed by atoms with van der Waals surface area (Å²) in [5, 5.41) is 2.48. The molecule has 1 aliphatic rings. The van der Waals surface area contributed by atoms with E-state index < -0.39 is 32.9 Å². The van der Waals surface area contributed by atoms with Crippen LogP contribution in [0.5, 0.6) is 0 Å². The highest BCUT2D eigenvalue weighted by molar-refractivity contribution is 9.10. The number of sulfone groups is 1. The third kappa shape index (κ3) is 3.54. The summed E-state index contributed by atoms with van der Waals surface area (Å²) in [4.78, 5) is 11.9. The van der Waals surface area contributed by atoms with Gasteiger partial charge < -0.3 is 5.32 Å². The molecule has 4 nitrogen and oxygen atoms in total. The second kappa shape index (κ2) is 5.77. The number of halogens is 3. The maximum Gasteiger partial charge on any atom is 0.257 e. The fourth-order valence-electron chi connectivity index (χ4n) is 2.05. The maximum atomic E-state index is 13.6. The Kier molecular flexibility index (Phi) is 4.43. The number of amides is 1. The van der Waals surface area contributed by atoms with Crippen molar-refractivity contribution >= 4 is 31.7 Å². The van der Waals surface area contributed by atoms with Gasteiger partial charge in [-0.25, -0.2) is 17.2 Å². The molecule has 0 saturated carbocycles. The lowest BCUT2D eigenvalue weighted by atomic mass is 10.1. The summed E-state index contributed by atoms with van der Waals surface area (Å²) < 4.78 is 49.9. The standard InChI is InChI=1S/C12H12BrF2NO3S/c13-7-5-9(14)11(10(15)6-7)12(17)16-8-1-3-20(18,19)4-2-8/h5-6,8H,1-4H2,(H,16,17). The smallest absolute Gasteiger partial charge is 0.257 e. The summed E-state index contributed by atoms with van der Waals surface area (Å²) in [7, 11) is -3.04. The maximum absolute atomic E-state index is 13.6. The van der Waals surface area contributed by atoms with E-state index in [0.717, 1.165) is 12.1 Å². The zero-order valence-electron chi connectivity index (χ0n) is 10.3. The first-order valence-corrected chi connectivity index (χ1v) is 8.56. The van der Waals surface area contributed by atoms with Gasteiger partial charge in [-0.15, -0.1) is 0 Å². The van der Waals surface area contributed by atoms with E-state index in [2.05, 4.69) is 21.2 Å². The molecule has 0 radical (unpaired) electrons. The summed E-state index contributed by atoms with van der Waals surface area (Å²) in [5.41, 5.74) is -0.651. The van der Waals surface area contributed by atoms with E-state index in [1.165, 1.54) is 0 Å². The van der Waals surface area contributed by atoms with E-state index in [4.69, 9.17) is 0 Å². The van der Waals surface area contributed by atoms with E-state index in [1.807, 2.05) is 0 Å². The Morgan fingerprint density at radius 2 is 1.70 bits per heavy atom. The first kappa shape index (κ1) is 15.4. The molecule has 2 rings (SSSR count). The molecule has 1 aromatic carbocycles. The van der Waals surface area contributed by atoms with Gasteiger partial charge in [-0.3, -0.25) is 4.79 Å². The van der Waals surface area contributed by atoms with Crippen LogP contribution in [0.2, 0.25) is 0 Å². The van der Waals surface area contributed by atoms with Crippen molar-refractivity contribution < 1.29 is 22.0 Å². The van der Waals surface area contributed by atoms with Gasteiger partial charge in [0.1, 0.15) is 27.0 Å². The van der Waals surface area contributed by atoms with Gasteiger partial charge in [-0.2, -0.15) is 0 Å². The first-order chi connectivity index (χ1) is 9.28. The number of carbonyl (C=O) groups excluding carboxylic acids is 1. The molecule has 1 fully saturated rings. The van der Waals surface area contributed by atoms with Crippen molar-refractivity contribution in [3.63, 3.8) is 0 Å². The Balaban J connectivity index is 2.10. The van der Waals surface area contributed by atoms with Crippen LogP contribution < -0.4 is 5.32 Å². The third-order valence-electron chi connectivity index (χ3n) is 3.12. The van der Waals surface area contributed by atoms with Crippen molar-refractivity contribution in [2.24, 2.45) is 0 Å². The highest BCUT2D eigenvalue weighted by atomic mass is 79.9. The summed E-state index contributed by atoms with van der Waals surface area (Å²) in [6, 6.07) is 1.63. The predicted molar refractivity (Wildman–Crippen MR) is 73.2 cm³/mol. The van der Waals surface area contributed by atoms with Crippen molar-refractivity contribution in [2.75, 3.05) is 11.5 Å². The summed E-state index contributed by atoms with van der Waals surface area (Å²) >= 11 is 2.93. The van der Waals surface area contributed by atoms with Gasteiger partial charge in [-0.05, 0) is 25.0 Å². The van der Waals surface area contributed by atoms with Gasteiger partial charge in [-0.1, -0.05) is 15.9 Å². The normalized spacial score (nSPS) is 18.8. The van der Waals surface area contributed by atoms with Crippen molar-refractivity contribution in [1.82, 2.24) is 5.32 Å². The Hall–Kier alpha value is -1.02. The molecule has 0 aliphatic carbocycles. The fourth-order valence-corrected chi connectivity index (χ4v) is 3.94. The molecule has 1 N–H and O–H groups in total. The second-order valence-electron chi connectivity index (χ2n) is 4.64. The van der Waals surface area contributed by atoms with E-state index in [9.17, 15) is 22.0 Å². The third-order valence-corrected chi connectivity index (χ3v) is 5.30. The van der Waals surface area contributed by atoms with Gasteiger partial charge in [0.25, 0.3) is 5.91 Å². The van der Waals surface area contributed by atoms with Crippen molar-refractivity contribution in [3.05, 3.63) is 33.8 Å². The predicted octanol–water partition coefficient (Wildman–Crippen LogP) is 2.03. The second-order valence-corrected chi connectivity index (χ2v) is 7.86. The Morgan fingerprint density at radius 1 is 1.20 bits per heavy atom. The van der Waals surface area contributed by atoms with Crippen LogP contribution in [0.25, 0.3) is 0 Å². The topological polar surface area (TPSA) is 63.2 Å². The van der Waals surface area contributed by atoms with Crippen molar-refractivity contribution in [2.45, 2.75) is 18.9 Å². The molecule has 1 aliphatic heterocycles. The minimum atomic E-state index is -3.04. The zero-order chi connectivity index (χ0) is 14.9. The zero-order valence-corrected chi connectivity index (χ0v) is 12.7. The summed E-state index contributed by atoms with van der Waals surface area (Å²) in [6.07, 6.45) is 0.516. The van der Waals surface area contributed by atoms with Gasteiger partial charge in [0, 0.05) is 10.5 Å². The lowest BCUT2D eigenvalue weighted by molar-refractivity contribution is 0.0925. The molecule has 1 saturated heterocycles. The lowest BCUT2D eigenvalue weighted by Gasteiger charge is -2.23. The highest BCUT2D eigenvalue weighted by Gasteiger charge is 2.27. The number of nitrogens with one attached hydrogen (secondary N) is 1. The monoisotopic (exact) mass is 367 g/mol. The van der Waals surface area contributed by atoms with Gasteiger partial charge in [0.15, 0.2) is 0 Å². The largest absolute Gasteiger partial charge is 0.349 e. The molecule has 0 aromatic heterocycles. The number of benzene rings is 1. The molecule has 1 amide bonds. The first-order valence-electron chi connectivity index (χ1n) is 5.94. The molecule has 0 atom stereocenters. The van der Waals surface area contributed by atoms with Crippen LogP contribution in [-0.4, -0.2) is 31.9 Å². The number of carbonyl (C=O) groups is 1. The Labute approximate surface area is 123 Å². The molecule has 0 unspecified atom stereocenters. The van der Waals surface area contributed by atoms with Gasteiger partial charge in [0.05, 0.1) is 11.5 Å².